The zero-order valence-electron chi connectivity index (χ0n) is 11.8. The molecule has 2 amide bonds. The van der Waals surface area contributed by atoms with Crippen LogP contribution in [-0.4, -0.2) is 37.0 Å². The van der Waals surface area contributed by atoms with E-state index in [0.29, 0.717) is 19.0 Å². The smallest absolute Gasteiger partial charge is 0.346 e. The fraction of sp³-hybridized carbons (Fsp3) is 0.250. The number of amides is 2. The molecule has 5 nitrogen and oxygen atoms in total. The molecule has 0 saturated heterocycles. The van der Waals surface area contributed by atoms with Crippen LogP contribution in [0.15, 0.2) is 47.5 Å². The van der Waals surface area contributed by atoms with Gasteiger partial charge in [-0.15, -0.1) is 0 Å². The van der Waals surface area contributed by atoms with Gasteiger partial charge >= 0.3 is 6.03 Å². The first-order valence-corrected chi connectivity index (χ1v) is 6.83. The van der Waals surface area contributed by atoms with E-state index in [4.69, 9.17) is 10.5 Å². The Bertz CT molecular complexity index is 706. The third-order valence-corrected chi connectivity index (χ3v) is 3.72. The number of hydrogen-bond donors (Lipinski definition) is 1. The molecule has 21 heavy (non-hydrogen) atoms. The van der Waals surface area contributed by atoms with E-state index < -0.39 is 0 Å². The molecule has 1 aliphatic heterocycles. The van der Waals surface area contributed by atoms with Crippen LogP contribution in [0.5, 0.6) is 0 Å². The van der Waals surface area contributed by atoms with Crippen molar-refractivity contribution in [1.29, 1.82) is 0 Å². The Hall–Kier alpha value is -2.40. The average Bonchev–Trinajstić information content (AvgIpc) is 2.78. The minimum absolute atomic E-state index is 0.303. The predicted octanol–water partition coefficient (Wildman–Crippen LogP) is 2.32. The highest BCUT2D eigenvalue weighted by Gasteiger charge is 2.34. The van der Waals surface area contributed by atoms with Crippen molar-refractivity contribution in [3.8, 4) is 0 Å². The van der Waals surface area contributed by atoms with Gasteiger partial charge in [0.15, 0.2) is 0 Å². The van der Waals surface area contributed by atoms with Gasteiger partial charge in [0, 0.05) is 13.7 Å². The van der Waals surface area contributed by atoms with Crippen LogP contribution in [0.2, 0.25) is 0 Å². The maximum Gasteiger partial charge on any atom is 0.346 e. The van der Waals surface area contributed by atoms with Crippen LogP contribution < -0.4 is 5.73 Å². The monoisotopic (exact) mass is 283 g/mol. The first kappa shape index (κ1) is 13.6. The molecule has 0 spiro atoms. The van der Waals surface area contributed by atoms with Gasteiger partial charge in [-0.2, -0.15) is 4.99 Å². The molecule has 0 bridgehead atoms. The van der Waals surface area contributed by atoms with E-state index >= 15 is 0 Å². The first-order valence-electron chi connectivity index (χ1n) is 6.83. The van der Waals surface area contributed by atoms with Gasteiger partial charge in [-0.3, -0.25) is 0 Å². The van der Waals surface area contributed by atoms with Crippen molar-refractivity contribution in [2.45, 2.75) is 6.04 Å². The number of benzene rings is 2. The molecule has 108 valence electrons. The van der Waals surface area contributed by atoms with Crippen molar-refractivity contribution in [3.05, 3.63) is 48.0 Å². The molecule has 1 heterocycles. The minimum Gasteiger partial charge on any atom is -0.385 e. The number of ether oxygens (including phenoxy) is 1. The SMILES string of the molecule is COCCN1C(=O)N=C(N)C1c1cccc2ccccc12. The standard InChI is InChI=1S/C16H17N3O2/c1-21-10-9-19-14(15(17)18-16(19)20)13-8-4-6-11-5-2-3-7-12(11)13/h2-8,14H,9-10H2,1H3,(H2,17,18,20). The molecule has 2 aromatic rings. The van der Waals surface area contributed by atoms with Crippen molar-refractivity contribution in [2.75, 3.05) is 20.3 Å². The van der Waals surface area contributed by atoms with Crippen LogP contribution in [0.3, 0.4) is 0 Å². The number of hydrogen-bond acceptors (Lipinski definition) is 3. The molecule has 2 aromatic carbocycles. The zero-order valence-corrected chi connectivity index (χ0v) is 11.8. The number of carbonyl (C=O) groups is 1. The Labute approximate surface area is 123 Å². The van der Waals surface area contributed by atoms with Gasteiger partial charge < -0.3 is 15.4 Å². The maximum absolute atomic E-state index is 12.0. The quantitative estimate of drug-likeness (QED) is 0.936. The summed E-state index contributed by atoms with van der Waals surface area (Å²) in [6.45, 7) is 0.920. The molecule has 0 saturated carbocycles. The van der Waals surface area contributed by atoms with Gasteiger partial charge in [0.05, 0.1) is 6.61 Å². The molecular formula is C16H17N3O2. The van der Waals surface area contributed by atoms with E-state index in [1.165, 1.54) is 0 Å². The lowest BCUT2D eigenvalue weighted by Crippen LogP contribution is -2.35. The van der Waals surface area contributed by atoms with Crippen LogP contribution in [-0.2, 0) is 4.74 Å². The highest BCUT2D eigenvalue weighted by Crippen LogP contribution is 2.31. The van der Waals surface area contributed by atoms with E-state index in [1.54, 1.807) is 12.0 Å². The molecule has 1 atom stereocenters. The van der Waals surface area contributed by atoms with Crippen molar-refractivity contribution in [3.63, 3.8) is 0 Å². The van der Waals surface area contributed by atoms with Crippen molar-refractivity contribution >= 4 is 22.6 Å². The van der Waals surface area contributed by atoms with Crippen LogP contribution in [0.4, 0.5) is 4.79 Å². The number of nitrogens with zero attached hydrogens (tertiary/aromatic N) is 2. The second-order valence-corrected chi connectivity index (χ2v) is 4.98. The lowest BCUT2D eigenvalue weighted by Gasteiger charge is -2.25. The topological polar surface area (TPSA) is 67.9 Å². The van der Waals surface area contributed by atoms with Crippen molar-refractivity contribution in [1.82, 2.24) is 4.90 Å². The highest BCUT2D eigenvalue weighted by atomic mass is 16.5. The van der Waals surface area contributed by atoms with Crippen molar-refractivity contribution < 1.29 is 9.53 Å². The highest BCUT2D eigenvalue weighted by molar-refractivity contribution is 6.05. The van der Waals surface area contributed by atoms with Crippen LogP contribution in [0.25, 0.3) is 10.8 Å². The third-order valence-electron chi connectivity index (χ3n) is 3.72. The molecule has 1 unspecified atom stereocenters. The molecule has 2 N–H and O–H groups in total. The minimum atomic E-state index is -0.321. The summed E-state index contributed by atoms with van der Waals surface area (Å²) in [5, 5.41) is 2.20. The van der Waals surface area contributed by atoms with Gasteiger partial charge in [-0.25, -0.2) is 4.79 Å². The Kier molecular flexibility index (Phi) is 3.58. The molecule has 3 rings (SSSR count). The lowest BCUT2D eigenvalue weighted by atomic mass is 9.97. The van der Waals surface area contributed by atoms with Gasteiger partial charge in [-0.1, -0.05) is 42.5 Å². The Balaban J connectivity index is 2.07. The summed E-state index contributed by atoms with van der Waals surface area (Å²) in [5.74, 6) is 0.340. The Morgan fingerprint density at radius 1 is 1.24 bits per heavy atom. The van der Waals surface area contributed by atoms with E-state index in [2.05, 4.69) is 4.99 Å². The summed E-state index contributed by atoms with van der Waals surface area (Å²) < 4.78 is 5.07. The number of carbonyl (C=O) groups excluding carboxylic acids is 1. The number of rotatable bonds is 4. The predicted molar refractivity (Wildman–Crippen MR) is 82.3 cm³/mol. The van der Waals surface area contributed by atoms with Gasteiger partial charge in [-0.05, 0) is 16.3 Å². The van der Waals surface area contributed by atoms with E-state index in [0.717, 1.165) is 16.3 Å². The van der Waals surface area contributed by atoms with E-state index in [-0.39, 0.29) is 12.1 Å². The molecule has 0 aliphatic carbocycles. The van der Waals surface area contributed by atoms with Crippen LogP contribution in [0, 0.1) is 0 Å². The number of urea groups is 1. The fourth-order valence-electron chi connectivity index (χ4n) is 2.74. The largest absolute Gasteiger partial charge is 0.385 e. The second-order valence-electron chi connectivity index (χ2n) is 4.98. The molecule has 1 aliphatic rings. The summed E-state index contributed by atoms with van der Waals surface area (Å²) in [4.78, 5) is 17.6. The zero-order chi connectivity index (χ0) is 14.8. The number of nitrogens with two attached hydrogens (primary N) is 1. The normalized spacial score (nSPS) is 18.3. The van der Waals surface area contributed by atoms with Gasteiger partial charge in [0.25, 0.3) is 0 Å². The molecular weight excluding hydrogens is 266 g/mol. The maximum atomic E-state index is 12.0. The average molecular weight is 283 g/mol. The number of amidine groups is 1. The summed E-state index contributed by atoms with van der Waals surface area (Å²) >= 11 is 0. The van der Waals surface area contributed by atoms with Crippen LogP contribution >= 0.6 is 0 Å². The van der Waals surface area contributed by atoms with E-state index in [9.17, 15) is 4.79 Å². The first-order chi connectivity index (χ1) is 10.2. The summed E-state index contributed by atoms with van der Waals surface area (Å²) in [7, 11) is 1.61. The van der Waals surface area contributed by atoms with Gasteiger partial charge in [0.1, 0.15) is 11.9 Å². The second kappa shape index (κ2) is 5.54. The number of aliphatic imine (C=N–C) groups is 1. The fourth-order valence-corrected chi connectivity index (χ4v) is 2.74. The Morgan fingerprint density at radius 3 is 2.81 bits per heavy atom. The van der Waals surface area contributed by atoms with E-state index in [1.807, 2.05) is 42.5 Å². The summed E-state index contributed by atoms with van der Waals surface area (Å²) in [6, 6.07) is 13.4. The van der Waals surface area contributed by atoms with Gasteiger partial charge in [0.2, 0.25) is 0 Å². The third kappa shape index (κ3) is 2.36. The number of fused-ring (bicyclic) bond motifs is 1. The van der Waals surface area contributed by atoms with Crippen LogP contribution in [0.1, 0.15) is 11.6 Å². The lowest BCUT2D eigenvalue weighted by molar-refractivity contribution is 0.150. The summed E-state index contributed by atoms with van der Waals surface area (Å²) in [6.07, 6.45) is 0. The van der Waals surface area contributed by atoms with Crippen molar-refractivity contribution in [2.24, 2.45) is 10.7 Å². The Morgan fingerprint density at radius 2 is 2.00 bits per heavy atom. The summed E-state index contributed by atoms with van der Waals surface area (Å²) in [5.41, 5.74) is 7.00. The molecule has 0 aromatic heterocycles. The number of methoxy groups -OCH3 is 1. The molecule has 0 radical (unpaired) electrons. The molecule has 0 fully saturated rings. The molecule has 5 heteroatoms.